The molecular weight excluding hydrogens is 238 g/mol. The maximum absolute atomic E-state index is 12.3. The molecule has 1 aromatic heterocycles. The first-order valence-corrected chi connectivity index (χ1v) is 6.56. The first kappa shape index (κ1) is 12.0. The Morgan fingerprint density at radius 3 is 2.79 bits per heavy atom. The minimum atomic E-state index is 0.0120. The molecule has 0 bridgehead atoms. The van der Waals surface area contributed by atoms with Gasteiger partial charge < -0.3 is 9.47 Å². The molecule has 0 N–H and O–H groups in total. The summed E-state index contributed by atoms with van der Waals surface area (Å²) in [4.78, 5) is 18.3. The van der Waals surface area contributed by atoms with E-state index in [9.17, 15) is 4.79 Å². The van der Waals surface area contributed by atoms with Crippen molar-refractivity contribution in [3.05, 3.63) is 54.6 Å². The molecule has 2 unspecified atom stereocenters. The Balaban J connectivity index is 1.76. The zero-order chi connectivity index (χ0) is 13.2. The van der Waals surface area contributed by atoms with Crippen molar-refractivity contribution in [2.75, 3.05) is 6.54 Å². The zero-order valence-electron chi connectivity index (χ0n) is 10.9. The largest absolute Gasteiger partial charge is 0.336 e. The number of likely N-dealkylation sites (tertiary alicyclic amines) is 1. The summed E-state index contributed by atoms with van der Waals surface area (Å²) in [6.45, 7) is 3.44. The second-order valence-electron chi connectivity index (χ2n) is 5.07. The van der Waals surface area contributed by atoms with Gasteiger partial charge in [0.05, 0.1) is 18.3 Å². The maximum atomic E-state index is 12.3. The van der Waals surface area contributed by atoms with E-state index >= 15 is 0 Å². The number of aromatic nitrogens is 2. The van der Waals surface area contributed by atoms with Crippen molar-refractivity contribution in [1.29, 1.82) is 0 Å². The Morgan fingerprint density at radius 2 is 2.11 bits per heavy atom. The van der Waals surface area contributed by atoms with Crippen molar-refractivity contribution in [3.63, 3.8) is 0 Å². The summed E-state index contributed by atoms with van der Waals surface area (Å²) in [5, 5.41) is 0. The van der Waals surface area contributed by atoms with E-state index in [2.05, 4.69) is 17.1 Å². The van der Waals surface area contributed by atoms with E-state index in [1.54, 1.807) is 12.5 Å². The summed E-state index contributed by atoms with van der Waals surface area (Å²) in [5.74, 6) is 0.237. The van der Waals surface area contributed by atoms with E-state index in [1.807, 2.05) is 40.8 Å². The maximum Gasteiger partial charge on any atom is 0.227 e. The van der Waals surface area contributed by atoms with Crippen molar-refractivity contribution >= 4 is 5.91 Å². The molecular formula is C15H17N3O. The zero-order valence-corrected chi connectivity index (χ0v) is 10.9. The van der Waals surface area contributed by atoms with Crippen molar-refractivity contribution in [1.82, 2.24) is 14.5 Å². The van der Waals surface area contributed by atoms with Gasteiger partial charge in [0.1, 0.15) is 0 Å². The highest BCUT2D eigenvalue weighted by molar-refractivity contribution is 5.81. The van der Waals surface area contributed by atoms with Gasteiger partial charge in [-0.1, -0.05) is 37.3 Å². The number of nitrogens with zero attached hydrogens (tertiary/aromatic N) is 3. The van der Waals surface area contributed by atoms with E-state index < -0.39 is 0 Å². The number of benzene rings is 1. The molecule has 0 radical (unpaired) electrons. The standard InChI is InChI=1S/C15H17N3O/c1-12-14(17-8-7-16-11-17)10-18(15(12)19)9-13-5-3-2-4-6-13/h2-8,11-12,14H,9-10H2,1H3. The Bertz CT molecular complexity index is 550. The van der Waals surface area contributed by atoms with Crippen LogP contribution in [0.15, 0.2) is 49.1 Å². The molecule has 0 spiro atoms. The van der Waals surface area contributed by atoms with Crippen LogP contribution in [0.3, 0.4) is 0 Å². The quantitative estimate of drug-likeness (QED) is 0.842. The first-order chi connectivity index (χ1) is 9.25. The number of imidazole rings is 1. The fourth-order valence-corrected chi connectivity index (χ4v) is 2.69. The van der Waals surface area contributed by atoms with Gasteiger partial charge in [-0.05, 0) is 5.56 Å². The minimum Gasteiger partial charge on any atom is -0.336 e. The Kier molecular flexibility index (Phi) is 3.07. The smallest absolute Gasteiger partial charge is 0.227 e. The Hall–Kier alpha value is -2.10. The van der Waals surface area contributed by atoms with Crippen LogP contribution >= 0.6 is 0 Å². The van der Waals surface area contributed by atoms with Crippen LogP contribution in [0.4, 0.5) is 0 Å². The molecule has 4 nitrogen and oxygen atoms in total. The van der Waals surface area contributed by atoms with E-state index in [-0.39, 0.29) is 17.9 Å². The van der Waals surface area contributed by atoms with Crippen molar-refractivity contribution in [2.24, 2.45) is 5.92 Å². The van der Waals surface area contributed by atoms with Crippen LogP contribution in [0.25, 0.3) is 0 Å². The van der Waals surface area contributed by atoms with Crippen molar-refractivity contribution in [3.8, 4) is 0 Å². The minimum absolute atomic E-state index is 0.0120. The van der Waals surface area contributed by atoms with Gasteiger partial charge in [0.2, 0.25) is 5.91 Å². The van der Waals surface area contributed by atoms with Crippen LogP contribution in [0.2, 0.25) is 0 Å². The SMILES string of the molecule is CC1C(=O)N(Cc2ccccc2)CC1n1ccnc1. The molecule has 19 heavy (non-hydrogen) atoms. The lowest BCUT2D eigenvalue weighted by Gasteiger charge is -2.17. The van der Waals surface area contributed by atoms with Gasteiger partial charge in [-0.2, -0.15) is 0 Å². The van der Waals surface area contributed by atoms with Crippen molar-refractivity contribution < 1.29 is 4.79 Å². The summed E-state index contributed by atoms with van der Waals surface area (Å²) in [6, 6.07) is 10.3. The highest BCUT2D eigenvalue weighted by Crippen LogP contribution is 2.29. The molecule has 1 aliphatic heterocycles. The predicted molar refractivity (Wildman–Crippen MR) is 72.3 cm³/mol. The molecule has 3 rings (SSSR count). The van der Waals surface area contributed by atoms with Gasteiger partial charge in [-0.15, -0.1) is 0 Å². The molecule has 0 saturated carbocycles. The third-order valence-corrected chi connectivity index (χ3v) is 3.81. The number of hydrogen-bond donors (Lipinski definition) is 0. The molecule has 2 aromatic rings. The lowest BCUT2D eigenvalue weighted by Crippen LogP contribution is -2.26. The van der Waals surface area contributed by atoms with Gasteiger partial charge in [0.25, 0.3) is 0 Å². The predicted octanol–water partition coefficient (Wildman–Crippen LogP) is 2.10. The fourth-order valence-electron chi connectivity index (χ4n) is 2.69. The highest BCUT2D eigenvalue weighted by Gasteiger charge is 2.37. The van der Waals surface area contributed by atoms with Gasteiger partial charge >= 0.3 is 0 Å². The monoisotopic (exact) mass is 255 g/mol. The average molecular weight is 255 g/mol. The second-order valence-corrected chi connectivity index (χ2v) is 5.07. The molecule has 0 aliphatic carbocycles. The van der Waals surface area contributed by atoms with Crippen LogP contribution in [0.1, 0.15) is 18.5 Å². The van der Waals surface area contributed by atoms with Crippen molar-refractivity contribution in [2.45, 2.75) is 19.5 Å². The van der Waals surface area contributed by atoms with Gasteiger partial charge in [-0.3, -0.25) is 4.79 Å². The van der Waals surface area contributed by atoms with E-state index in [1.165, 1.54) is 5.56 Å². The van der Waals surface area contributed by atoms with E-state index in [0.717, 1.165) is 6.54 Å². The van der Waals surface area contributed by atoms with Crippen LogP contribution in [0, 0.1) is 5.92 Å². The number of carbonyl (C=O) groups excluding carboxylic acids is 1. The number of rotatable bonds is 3. The highest BCUT2D eigenvalue weighted by atomic mass is 16.2. The summed E-state index contributed by atoms with van der Waals surface area (Å²) in [5.41, 5.74) is 1.18. The number of amides is 1. The molecule has 1 fully saturated rings. The molecule has 1 saturated heterocycles. The summed E-state index contributed by atoms with van der Waals surface area (Å²) in [7, 11) is 0. The van der Waals surface area contributed by atoms with E-state index in [0.29, 0.717) is 6.54 Å². The van der Waals surface area contributed by atoms with Gasteiger partial charge in [-0.25, -0.2) is 4.98 Å². The lowest BCUT2D eigenvalue weighted by molar-refractivity contribution is -0.131. The van der Waals surface area contributed by atoms with E-state index in [4.69, 9.17) is 0 Å². The van der Waals surface area contributed by atoms with Crippen LogP contribution < -0.4 is 0 Å². The number of carbonyl (C=O) groups is 1. The van der Waals surface area contributed by atoms with Crippen LogP contribution in [-0.4, -0.2) is 26.9 Å². The summed E-state index contributed by atoms with van der Waals surface area (Å²) < 4.78 is 2.04. The number of hydrogen-bond acceptors (Lipinski definition) is 2. The molecule has 4 heteroatoms. The molecule has 2 heterocycles. The van der Waals surface area contributed by atoms with Gasteiger partial charge in [0.15, 0.2) is 0 Å². The fraction of sp³-hybridized carbons (Fsp3) is 0.333. The van der Waals surface area contributed by atoms with Gasteiger partial charge in [0, 0.05) is 25.5 Å². The lowest BCUT2D eigenvalue weighted by atomic mass is 10.1. The average Bonchev–Trinajstić information content (AvgIpc) is 3.04. The summed E-state index contributed by atoms with van der Waals surface area (Å²) in [6.07, 6.45) is 5.48. The normalized spacial score (nSPS) is 23.0. The Morgan fingerprint density at radius 1 is 1.32 bits per heavy atom. The van der Waals surface area contributed by atoms with Crippen LogP contribution in [0.5, 0.6) is 0 Å². The Labute approximate surface area is 112 Å². The molecule has 1 aromatic carbocycles. The topological polar surface area (TPSA) is 38.1 Å². The van der Waals surface area contributed by atoms with Crippen LogP contribution in [-0.2, 0) is 11.3 Å². The molecule has 1 amide bonds. The molecule has 2 atom stereocenters. The molecule has 98 valence electrons. The molecule has 1 aliphatic rings. The third kappa shape index (κ3) is 2.26. The first-order valence-electron chi connectivity index (χ1n) is 6.56. The third-order valence-electron chi connectivity index (χ3n) is 3.81. The second kappa shape index (κ2) is 4.88. The summed E-state index contributed by atoms with van der Waals surface area (Å²) >= 11 is 0.